The maximum absolute atomic E-state index is 15.1. The Morgan fingerprint density at radius 1 is 1.24 bits per heavy atom. The van der Waals surface area contributed by atoms with Crippen molar-refractivity contribution in [2.45, 2.75) is 76.9 Å². The van der Waals surface area contributed by atoms with E-state index < -0.39 is 23.2 Å². The van der Waals surface area contributed by atoms with Crippen LogP contribution in [0.3, 0.4) is 0 Å². The second-order valence-electron chi connectivity index (χ2n) is 11.4. The van der Waals surface area contributed by atoms with Crippen molar-refractivity contribution in [2.75, 3.05) is 13.1 Å². The van der Waals surface area contributed by atoms with Crippen molar-refractivity contribution < 1.29 is 24.1 Å². The summed E-state index contributed by atoms with van der Waals surface area (Å²) in [4.78, 5) is 33.5. The maximum Gasteiger partial charge on any atom is 0.343 e. The molecule has 0 spiro atoms. The summed E-state index contributed by atoms with van der Waals surface area (Å²) in [7, 11) is 0. The molecule has 1 aromatic carbocycles. The molecule has 2 aromatic heterocycles. The van der Waals surface area contributed by atoms with Gasteiger partial charge in [-0.2, -0.15) is 0 Å². The van der Waals surface area contributed by atoms with Crippen LogP contribution in [0.1, 0.15) is 66.5 Å². The van der Waals surface area contributed by atoms with Crippen LogP contribution in [0.5, 0.6) is 0 Å². The maximum atomic E-state index is 15.1. The summed E-state index contributed by atoms with van der Waals surface area (Å²) in [5, 5.41) is 22.5. The lowest BCUT2D eigenvalue weighted by Gasteiger charge is -2.44. The summed E-state index contributed by atoms with van der Waals surface area (Å²) in [5.74, 6) is -1.07. The van der Waals surface area contributed by atoms with Gasteiger partial charge in [0.2, 0.25) is 0 Å². The molecule has 9 heteroatoms. The molecule has 4 aliphatic rings. The highest BCUT2D eigenvalue weighted by Crippen LogP contribution is 2.50. The Morgan fingerprint density at radius 2 is 2.03 bits per heavy atom. The van der Waals surface area contributed by atoms with E-state index in [1.807, 2.05) is 0 Å². The van der Waals surface area contributed by atoms with Crippen molar-refractivity contribution in [3.63, 3.8) is 0 Å². The van der Waals surface area contributed by atoms with Crippen LogP contribution in [0.15, 0.2) is 16.9 Å². The van der Waals surface area contributed by atoms with Crippen LogP contribution in [0.4, 0.5) is 4.39 Å². The fourth-order valence-corrected chi connectivity index (χ4v) is 7.29. The number of benzene rings is 1. The first kappa shape index (κ1) is 23.9. The van der Waals surface area contributed by atoms with E-state index >= 15 is 4.39 Å². The SMILES string of the molecule is CC[C@@]1(O)C(=O)OCc2c1cc1n(c2=O)Cc2c-1nc1cc(F)c(C)c3c1c2[C@](C)(N1CC[C@H](O)C1)CC3. The van der Waals surface area contributed by atoms with Crippen molar-refractivity contribution in [1.82, 2.24) is 14.5 Å². The Kier molecular flexibility index (Phi) is 4.86. The molecule has 2 N–H and O–H groups in total. The molecule has 38 heavy (non-hydrogen) atoms. The molecule has 3 aliphatic heterocycles. The molecule has 0 amide bonds. The number of halogens is 1. The van der Waals surface area contributed by atoms with Crippen molar-refractivity contribution in [3.05, 3.63) is 61.7 Å². The Morgan fingerprint density at radius 3 is 2.74 bits per heavy atom. The van der Waals surface area contributed by atoms with Gasteiger partial charge in [-0.3, -0.25) is 9.69 Å². The van der Waals surface area contributed by atoms with E-state index in [1.165, 1.54) is 6.07 Å². The van der Waals surface area contributed by atoms with Crippen LogP contribution < -0.4 is 5.56 Å². The van der Waals surface area contributed by atoms with Crippen LogP contribution in [-0.4, -0.2) is 49.8 Å². The standard InChI is InChI=1S/C29H30FN3O5/c1-4-29(37)19-9-22-25-17(12-33(22)26(35)18(19)13-38-27(29)36)24-23-16(14(2)20(30)10-21(23)31-25)5-7-28(24,3)32-8-6-15(34)11-32/h9-10,15,34,37H,4-8,11-13H2,1-3H3/t15-,28+,29-/m0/s1. The topological polar surface area (TPSA) is 105 Å². The number of aliphatic hydroxyl groups excluding tert-OH is 1. The molecule has 0 radical (unpaired) electrons. The third-order valence-corrected chi connectivity index (χ3v) is 9.57. The third-order valence-electron chi connectivity index (χ3n) is 9.57. The number of likely N-dealkylation sites (tertiary alicyclic amines) is 1. The lowest BCUT2D eigenvalue weighted by atomic mass is 9.73. The van der Waals surface area contributed by atoms with Crippen LogP contribution >= 0.6 is 0 Å². The second-order valence-corrected chi connectivity index (χ2v) is 11.4. The number of pyridine rings is 2. The minimum absolute atomic E-state index is 0.0637. The zero-order valence-electron chi connectivity index (χ0n) is 21.7. The van der Waals surface area contributed by atoms with Crippen molar-refractivity contribution in [3.8, 4) is 11.4 Å². The minimum atomic E-state index is -1.91. The zero-order valence-corrected chi connectivity index (χ0v) is 21.7. The molecule has 3 atom stereocenters. The van der Waals surface area contributed by atoms with Gasteiger partial charge in [-0.15, -0.1) is 0 Å². The van der Waals surface area contributed by atoms with E-state index in [0.29, 0.717) is 41.9 Å². The largest absolute Gasteiger partial charge is 0.458 e. The van der Waals surface area contributed by atoms with Crippen LogP contribution in [0.2, 0.25) is 0 Å². The van der Waals surface area contributed by atoms with E-state index in [2.05, 4.69) is 11.8 Å². The van der Waals surface area contributed by atoms with Gasteiger partial charge in [0.25, 0.3) is 5.56 Å². The number of nitrogens with zero attached hydrogens (tertiary/aromatic N) is 3. The molecule has 0 bridgehead atoms. The number of carbonyl (C=O) groups is 1. The Labute approximate surface area is 218 Å². The number of aryl methyl sites for hydroxylation is 1. The summed E-state index contributed by atoms with van der Waals surface area (Å²) in [6.45, 7) is 7.06. The average molecular weight is 520 g/mol. The zero-order chi connectivity index (χ0) is 26.7. The van der Waals surface area contributed by atoms with Gasteiger partial charge >= 0.3 is 5.97 Å². The number of carbonyl (C=O) groups excluding carboxylic acids is 1. The summed E-state index contributed by atoms with van der Waals surface area (Å²) in [5.41, 5.74) is 3.01. The number of esters is 1. The molecule has 7 rings (SSSR count). The van der Waals surface area contributed by atoms with E-state index in [-0.39, 0.29) is 42.1 Å². The fourth-order valence-electron chi connectivity index (χ4n) is 7.29. The van der Waals surface area contributed by atoms with E-state index in [0.717, 1.165) is 35.0 Å². The number of ether oxygens (including phenoxy) is 1. The highest BCUT2D eigenvalue weighted by atomic mass is 19.1. The first-order chi connectivity index (χ1) is 18.1. The van der Waals surface area contributed by atoms with E-state index in [1.54, 1.807) is 24.5 Å². The number of hydrogen-bond acceptors (Lipinski definition) is 7. The first-order valence-electron chi connectivity index (χ1n) is 13.3. The number of aliphatic hydroxyl groups is 2. The predicted octanol–water partition coefficient (Wildman–Crippen LogP) is 2.76. The Hall–Kier alpha value is -3.14. The molecular formula is C29H30FN3O5. The van der Waals surface area contributed by atoms with Crippen molar-refractivity contribution in [1.29, 1.82) is 0 Å². The average Bonchev–Trinajstić information content (AvgIpc) is 3.50. The quantitative estimate of drug-likeness (QED) is 0.393. The lowest BCUT2D eigenvalue weighted by Crippen LogP contribution is -2.46. The molecule has 8 nitrogen and oxygen atoms in total. The van der Waals surface area contributed by atoms with Gasteiger partial charge in [-0.1, -0.05) is 6.92 Å². The van der Waals surface area contributed by atoms with E-state index in [4.69, 9.17) is 9.72 Å². The van der Waals surface area contributed by atoms with Crippen molar-refractivity contribution >= 4 is 16.9 Å². The highest BCUT2D eigenvalue weighted by Gasteiger charge is 2.48. The summed E-state index contributed by atoms with van der Waals surface area (Å²) in [6.07, 6.45) is 1.80. The number of fused-ring (bicyclic) bond motifs is 5. The van der Waals surface area contributed by atoms with Gasteiger partial charge in [-0.25, -0.2) is 14.2 Å². The van der Waals surface area contributed by atoms with Gasteiger partial charge in [0.05, 0.1) is 35.1 Å². The molecule has 0 saturated carbocycles. The molecule has 5 heterocycles. The third kappa shape index (κ3) is 2.87. The first-order valence-corrected chi connectivity index (χ1v) is 13.3. The lowest BCUT2D eigenvalue weighted by molar-refractivity contribution is -0.172. The second kappa shape index (κ2) is 7.71. The van der Waals surface area contributed by atoms with Gasteiger partial charge in [0.1, 0.15) is 12.4 Å². The Bertz CT molecular complexity index is 1650. The van der Waals surface area contributed by atoms with E-state index in [9.17, 15) is 19.8 Å². The molecule has 3 aromatic rings. The van der Waals surface area contributed by atoms with Crippen molar-refractivity contribution in [2.24, 2.45) is 0 Å². The molecule has 198 valence electrons. The molecule has 0 unspecified atom stereocenters. The fraction of sp³-hybridized carbons (Fsp3) is 0.483. The number of hydrogen-bond donors (Lipinski definition) is 2. The Balaban J connectivity index is 1.55. The van der Waals surface area contributed by atoms with Gasteiger partial charge in [0.15, 0.2) is 5.60 Å². The number of cyclic esters (lactones) is 1. The molecule has 1 saturated heterocycles. The smallest absolute Gasteiger partial charge is 0.343 e. The molecular weight excluding hydrogens is 489 g/mol. The normalized spacial score (nSPS) is 27.8. The predicted molar refractivity (Wildman–Crippen MR) is 137 cm³/mol. The monoisotopic (exact) mass is 519 g/mol. The minimum Gasteiger partial charge on any atom is -0.458 e. The summed E-state index contributed by atoms with van der Waals surface area (Å²) >= 11 is 0. The van der Waals surface area contributed by atoms with Crippen LogP contribution in [0.25, 0.3) is 22.3 Å². The van der Waals surface area contributed by atoms with Crippen LogP contribution in [-0.2, 0) is 40.2 Å². The molecule has 1 fully saturated rings. The van der Waals surface area contributed by atoms with Crippen LogP contribution in [0, 0.1) is 12.7 Å². The number of β-amino-alcohol motifs (C(OH)–C–C–N with tert-alkyl or cyclic N) is 1. The summed E-state index contributed by atoms with van der Waals surface area (Å²) in [6, 6.07) is 3.17. The van der Waals surface area contributed by atoms with Gasteiger partial charge in [0, 0.05) is 41.2 Å². The van der Waals surface area contributed by atoms with Gasteiger partial charge < -0.3 is 19.5 Å². The number of rotatable bonds is 2. The molecule has 1 aliphatic carbocycles. The highest BCUT2D eigenvalue weighted by molar-refractivity contribution is 5.93. The summed E-state index contributed by atoms with van der Waals surface area (Å²) < 4.78 is 21.9. The number of aromatic nitrogens is 2. The van der Waals surface area contributed by atoms with Gasteiger partial charge in [-0.05, 0) is 62.3 Å².